The summed E-state index contributed by atoms with van der Waals surface area (Å²) in [7, 11) is 0. The van der Waals surface area contributed by atoms with Gasteiger partial charge in [0.2, 0.25) is 0 Å². The number of fused-ring (bicyclic) bond motifs is 3. The van der Waals surface area contributed by atoms with E-state index >= 15 is 0 Å². The van der Waals surface area contributed by atoms with Crippen LogP contribution in [0.25, 0.3) is 11.0 Å². The molecule has 130 valence electrons. The third kappa shape index (κ3) is 2.73. The fourth-order valence-electron chi connectivity index (χ4n) is 3.21. The van der Waals surface area contributed by atoms with Crippen molar-refractivity contribution in [2.75, 3.05) is 0 Å². The van der Waals surface area contributed by atoms with Crippen molar-refractivity contribution in [3.05, 3.63) is 79.7 Å². The third-order valence-corrected chi connectivity index (χ3v) is 4.47. The molecule has 0 unspecified atom stereocenters. The van der Waals surface area contributed by atoms with Gasteiger partial charge in [0, 0.05) is 29.1 Å². The lowest BCUT2D eigenvalue weighted by Gasteiger charge is -2.07. The zero-order valence-corrected chi connectivity index (χ0v) is 13.6. The summed E-state index contributed by atoms with van der Waals surface area (Å²) >= 11 is 0. The molecular formula is C19H13NO6. The first kappa shape index (κ1) is 16.0. The molecule has 0 amide bonds. The van der Waals surface area contributed by atoms with E-state index in [2.05, 4.69) is 0 Å². The van der Waals surface area contributed by atoms with Crippen LogP contribution < -0.4 is 10.4 Å². The fourth-order valence-corrected chi connectivity index (χ4v) is 3.21. The van der Waals surface area contributed by atoms with Crippen molar-refractivity contribution in [1.29, 1.82) is 0 Å². The molecule has 0 aliphatic heterocycles. The standard InChI is InChI=1S/C19H13NO6/c21-18(11-4-6-12(7-5-11)20(23)24)25-13-8-9-15-14-2-1-3-16(14)19(22)26-17(15)10-13/h4-10H,1-3H2. The molecule has 4 rings (SSSR count). The molecule has 1 aromatic heterocycles. The first-order valence-corrected chi connectivity index (χ1v) is 8.08. The van der Waals surface area contributed by atoms with E-state index in [4.69, 9.17) is 9.15 Å². The first-order chi connectivity index (χ1) is 12.5. The number of nitro benzene ring substituents is 1. The van der Waals surface area contributed by atoms with Gasteiger partial charge in [-0.25, -0.2) is 9.59 Å². The molecule has 26 heavy (non-hydrogen) atoms. The highest BCUT2D eigenvalue weighted by Gasteiger charge is 2.20. The van der Waals surface area contributed by atoms with Crippen molar-refractivity contribution >= 4 is 22.6 Å². The van der Waals surface area contributed by atoms with E-state index in [0.717, 1.165) is 35.8 Å². The zero-order chi connectivity index (χ0) is 18.3. The van der Waals surface area contributed by atoms with Gasteiger partial charge in [0.05, 0.1) is 10.5 Å². The van der Waals surface area contributed by atoms with Gasteiger partial charge in [-0.2, -0.15) is 0 Å². The molecule has 0 atom stereocenters. The molecule has 1 aliphatic rings. The Bertz CT molecular complexity index is 1100. The van der Waals surface area contributed by atoms with Crippen molar-refractivity contribution in [1.82, 2.24) is 0 Å². The van der Waals surface area contributed by atoms with E-state index in [1.807, 2.05) is 0 Å². The Hall–Kier alpha value is -3.48. The molecule has 0 saturated carbocycles. The lowest BCUT2D eigenvalue weighted by molar-refractivity contribution is -0.384. The van der Waals surface area contributed by atoms with Crippen molar-refractivity contribution in [3.8, 4) is 5.75 Å². The second-order valence-corrected chi connectivity index (χ2v) is 6.05. The van der Waals surface area contributed by atoms with E-state index in [0.29, 0.717) is 5.58 Å². The maximum absolute atomic E-state index is 12.2. The van der Waals surface area contributed by atoms with Crippen molar-refractivity contribution in [2.45, 2.75) is 19.3 Å². The molecule has 0 N–H and O–H groups in total. The van der Waals surface area contributed by atoms with Gasteiger partial charge in [-0.15, -0.1) is 0 Å². The molecule has 0 radical (unpaired) electrons. The van der Waals surface area contributed by atoms with Crippen LogP contribution >= 0.6 is 0 Å². The number of nitrogens with zero attached hydrogens (tertiary/aromatic N) is 1. The highest BCUT2D eigenvalue weighted by Crippen LogP contribution is 2.29. The van der Waals surface area contributed by atoms with Crippen LogP contribution in [0.15, 0.2) is 51.7 Å². The van der Waals surface area contributed by atoms with Gasteiger partial charge in [0.15, 0.2) is 0 Å². The summed E-state index contributed by atoms with van der Waals surface area (Å²) in [6.45, 7) is 0. The van der Waals surface area contributed by atoms with Crippen LogP contribution in [0.1, 0.15) is 27.9 Å². The van der Waals surface area contributed by atoms with E-state index in [9.17, 15) is 19.7 Å². The third-order valence-electron chi connectivity index (χ3n) is 4.47. The molecular weight excluding hydrogens is 338 g/mol. The SMILES string of the molecule is O=C(Oc1ccc2c3c(c(=O)oc2c1)CCC3)c1ccc([N+](=O)[O-])cc1. The number of esters is 1. The minimum absolute atomic E-state index is 0.108. The Morgan fingerprint density at radius 1 is 1.08 bits per heavy atom. The lowest BCUT2D eigenvalue weighted by Crippen LogP contribution is -2.09. The van der Waals surface area contributed by atoms with Crippen LogP contribution in [-0.4, -0.2) is 10.9 Å². The Morgan fingerprint density at radius 3 is 2.54 bits per heavy atom. The number of rotatable bonds is 3. The summed E-state index contributed by atoms with van der Waals surface area (Å²) in [5.74, 6) is -0.412. The van der Waals surface area contributed by atoms with Gasteiger partial charge in [0.1, 0.15) is 11.3 Å². The van der Waals surface area contributed by atoms with Gasteiger partial charge in [-0.3, -0.25) is 10.1 Å². The van der Waals surface area contributed by atoms with Gasteiger partial charge in [-0.1, -0.05) is 0 Å². The molecule has 1 aliphatic carbocycles. The van der Waals surface area contributed by atoms with Gasteiger partial charge >= 0.3 is 11.6 Å². The number of hydrogen-bond donors (Lipinski definition) is 0. The predicted octanol–water partition coefficient (Wildman–Crippen LogP) is 3.41. The lowest BCUT2D eigenvalue weighted by atomic mass is 10.1. The van der Waals surface area contributed by atoms with E-state index in [-0.39, 0.29) is 22.6 Å². The maximum Gasteiger partial charge on any atom is 0.343 e. The Balaban J connectivity index is 1.63. The minimum Gasteiger partial charge on any atom is -0.423 e. The zero-order valence-electron chi connectivity index (χ0n) is 13.6. The van der Waals surface area contributed by atoms with Gasteiger partial charge in [-0.05, 0) is 49.1 Å². The summed E-state index contributed by atoms with van der Waals surface area (Å²) in [5, 5.41) is 11.5. The maximum atomic E-state index is 12.2. The number of non-ortho nitro benzene ring substituents is 1. The highest BCUT2D eigenvalue weighted by atomic mass is 16.6. The number of ether oxygens (including phenoxy) is 1. The van der Waals surface area contributed by atoms with Crippen molar-refractivity contribution < 1.29 is 18.9 Å². The van der Waals surface area contributed by atoms with E-state index < -0.39 is 10.9 Å². The molecule has 0 fully saturated rings. The Labute approximate surface area is 147 Å². The number of carbonyl (C=O) groups excluding carboxylic acids is 1. The summed E-state index contributed by atoms with van der Waals surface area (Å²) in [6, 6.07) is 10.1. The monoisotopic (exact) mass is 351 g/mol. The molecule has 0 bridgehead atoms. The molecule has 0 spiro atoms. The largest absolute Gasteiger partial charge is 0.423 e. The van der Waals surface area contributed by atoms with Crippen LogP contribution in [0.5, 0.6) is 5.75 Å². The average Bonchev–Trinajstić information content (AvgIpc) is 3.12. The van der Waals surface area contributed by atoms with Crippen LogP contribution in [-0.2, 0) is 12.8 Å². The Kier molecular flexibility index (Phi) is 3.76. The quantitative estimate of drug-likeness (QED) is 0.236. The van der Waals surface area contributed by atoms with Crippen LogP contribution in [0.3, 0.4) is 0 Å². The number of hydrogen-bond acceptors (Lipinski definition) is 6. The summed E-state index contributed by atoms with van der Waals surface area (Å²) < 4.78 is 10.7. The summed E-state index contributed by atoms with van der Waals surface area (Å²) in [5.41, 5.74) is 1.85. The van der Waals surface area contributed by atoms with Crippen LogP contribution in [0.4, 0.5) is 5.69 Å². The molecule has 0 saturated heterocycles. The number of nitro groups is 1. The fraction of sp³-hybridized carbons (Fsp3) is 0.158. The first-order valence-electron chi connectivity index (χ1n) is 8.08. The predicted molar refractivity (Wildman–Crippen MR) is 92.6 cm³/mol. The topological polar surface area (TPSA) is 99.7 Å². The molecule has 1 heterocycles. The number of aryl methyl sites for hydroxylation is 1. The smallest absolute Gasteiger partial charge is 0.343 e. The molecule has 3 aromatic rings. The summed E-state index contributed by atoms with van der Waals surface area (Å²) in [6.07, 6.45) is 2.49. The van der Waals surface area contributed by atoms with Gasteiger partial charge in [0.25, 0.3) is 5.69 Å². The van der Waals surface area contributed by atoms with Crippen LogP contribution in [0, 0.1) is 10.1 Å². The van der Waals surface area contributed by atoms with Crippen LogP contribution in [0.2, 0.25) is 0 Å². The van der Waals surface area contributed by atoms with E-state index in [1.165, 1.54) is 30.3 Å². The number of carbonyl (C=O) groups is 1. The number of benzene rings is 2. The normalized spacial score (nSPS) is 12.8. The van der Waals surface area contributed by atoms with E-state index in [1.54, 1.807) is 12.1 Å². The molecule has 7 heteroatoms. The summed E-state index contributed by atoms with van der Waals surface area (Å²) in [4.78, 5) is 34.4. The van der Waals surface area contributed by atoms with Crippen molar-refractivity contribution in [2.24, 2.45) is 0 Å². The molecule has 7 nitrogen and oxygen atoms in total. The Morgan fingerprint density at radius 2 is 1.81 bits per heavy atom. The second kappa shape index (κ2) is 6.11. The average molecular weight is 351 g/mol. The minimum atomic E-state index is -0.650. The van der Waals surface area contributed by atoms with Crippen molar-refractivity contribution in [3.63, 3.8) is 0 Å². The highest BCUT2D eigenvalue weighted by molar-refractivity contribution is 5.92. The molecule has 2 aromatic carbocycles. The second-order valence-electron chi connectivity index (χ2n) is 6.05. The van der Waals surface area contributed by atoms with Gasteiger partial charge < -0.3 is 9.15 Å².